The number of halogens is 1. The van der Waals surface area contributed by atoms with Crippen LogP contribution in [0.4, 0.5) is 0 Å². The van der Waals surface area contributed by atoms with Gasteiger partial charge in [-0.25, -0.2) is 0 Å². The molecule has 0 heterocycles. The normalized spacial score (nSPS) is 10.8. The second-order valence-corrected chi connectivity index (χ2v) is 9.88. The van der Waals surface area contributed by atoms with Crippen molar-refractivity contribution in [3.05, 3.63) is 94.0 Å². The van der Waals surface area contributed by atoms with Gasteiger partial charge in [-0.1, -0.05) is 99.7 Å². The molecule has 0 unspecified atom stereocenters. The summed E-state index contributed by atoms with van der Waals surface area (Å²) in [6.45, 7) is 4.38. The maximum absolute atomic E-state index is 12.6. The quantitative estimate of drug-likeness (QED) is 0.122. The van der Waals surface area contributed by atoms with Crippen LogP contribution >= 0.6 is 11.6 Å². The first-order valence-electron chi connectivity index (χ1n) is 13.3. The molecule has 0 saturated carbocycles. The van der Waals surface area contributed by atoms with Crippen LogP contribution in [-0.4, -0.2) is 11.9 Å². The molecule has 0 saturated heterocycles. The van der Waals surface area contributed by atoms with Crippen LogP contribution in [-0.2, 0) is 35.3 Å². The molecule has 4 nitrogen and oxygen atoms in total. The highest BCUT2D eigenvalue weighted by atomic mass is 35.5. The van der Waals surface area contributed by atoms with Gasteiger partial charge < -0.3 is 9.47 Å². The maximum Gasteiger partial charge on any atom is 0.315 e. The predicted molar refractivity (Wildman–Crippen MR) is 149 cm³/mol. The minimum atomic E-state index is -0.447. The van der Waals surface area contributed by atoms with Crippen LogP contribution in [0.3, 0.4) is 0 Å². The maximum atomic E-state index is 12.6. The van der Waals surface area contributed by atoms with Crippen LogP contribution < -0.4 is 9.47 Å². The average Bonchev–Trinajstić information content (AvgIpc) is 2.88. The van der Waals surface area contributed by atoms with E-state index in [0.717, 1.165) is 24.0 Å². The van der Waals surface area contributed by atoms with Crippen molar-refractivity contribution in [2.75, 3.05) is 0 Å². The lowest BCUT2D eigenvalue weighted by molar-refractivity contribution is -0.136. The molecule has 0 radical (unpaired) electrons. The van der Waals surface area contributed by atoms with Crippen molar-refractivity contribution in [2.45, 2.75) is 78.1 Å². The van der Waals surface area contributed by atoms with Crippen LogP contribution in [0, 0.1) is 0 Å². The average molecular weight is 521 g/mol. The lowest BCUT2D eigenvalue weighted by atomic mass is 10.0. The molecule has 0 spiro atoms. The zero-order valence-corrected chi connectivity index (χ0v) is 22.7. The molecule has 3 rings (SSSR count). The fraction of sp³-hybridized carbons (Fsp3) is 0.375. The van der Waals surface area contributed by atoms with E-state index in [1.165, 1.54) is 55.7 Å². The monoisotopic (exact) mass is 520 g/mol. The fourth-order valence-electron chi connectivity index (χ4n) is 4.10. The lowest BCUT2D eigenvalue weighted by Crippen LogP contribution is -2.15. The third-order valence-electron chi connectivity index (χ3n) is 6.23. The van der Waals surface area contributed by atoms with Crippen molar-refractivity contribution in [3.63, 3.8) is 0 Å². The van der Waals surface area contributed by atoms with Gasteiger partial charge in [0.1, 0.15) is 0 Å². The molecule has 0 bridgehead atoms. The van der Waals surface area contributed by atoms with Gasteiger partial charge in [0.05, 0.1) is 12.8 Å². The summed E-state index contributed by atoms with van der Waals surface area (Å²) in [5.74, 6) is -0.576. The van der Waals surface area contributed by atoms with E-state index >= 15 is 0 Å². The number of aryl methyl sites for hydroxylation is 2. The van der Waals surface area contributed by atoms with Crippen LogP contribution in [0.25, 0.3) is 0 Å². The zero-order valence-electron chi connectivity index (χ0n) is 21.9. The van der Waals surface area contributed by atoms with E-state index < -0.39 is 11.9 Å². The number of rotatable bonds is 14. The zero-order chi connectivity index (χ0) is 26.5. The summed E-state index contributed by atoms with van der Waals surface area (Å²) in [5.41, 5.74) is 4.27. The summed E-state index contributed by atoms with van der Waals surface area (Å²) in [7, 11) is 0. The number of carbonyl (C=O) groups excluding carboxylic acids is 2. The van der Waals surface area contributed by atoms with Gasteiger partial charge in [0.25, 0.3) is 0 Å². The minimum absolute atomic E-state index is 0.111. The van der Waals surface area contributed by atoms with Gasteiger partial charge in [0.15, 0.2) is 11.5 Å². The molecule has 0 aliphatic carbocycles. The highest BCUT2D eigenvalue weighted by Gasteiger charge is 2.16. The summed E-state index contributed by atoms with van der Waals surface area (Å²) in [6, 6.07) is 20.7. The Hall–Kier alpha value is -3.11. The number of ether oxygens (including phenoxy) is 2. The summed E-state index contributed by atoms with van der Waals surface area (Å²) in [5, 5.41) is 0.387. The molecule has 0 aliphatic heterocycles. The van der Waals surface area contributed by atoms with E-state index in [1.807, 2.05) is 24.3 Å². The Bertz CT molecular complexity index is 1140. The Morgan fingerprint density at radius 1 is 0.595 bits per heavy atom. The van der Waals surface area contributed by atoms with Crippen LogP contribution in [0.5, 0.6) is 11.5 Å². The summed E-state index contributed by atoms with van der Waals surface area (Å²) >= 11 is 6.12. The Kier molecular flexibility index (Phi) is 11.7. The summed E-state index contributed by atoms with van der Waals surface area (Å²) in [6.07, 6.45) is 9.46. The van der Waals surface area contributed by atoms with E-state index in [2.05, 4.69) is 38.1 Å². The molecular formula is C32H37ClO4. The van der Waals surface area contributed by atoms with E-state index in [0.29, 0.717) is 5.02 Å². The standard InChI is InChI=1S/C32H37ClO4/c1-3-5-7-9-24-11-15-26(16-12-24)21-31(34)36-29-20-19-28(33)23-30(29)37-32(35)22-27-17-13-25(14-18-27)10-8-6-4-2/h11-20,23H,3-10,21-22H2,1-2H3. The highest BCUT2D eigenvalue weighted by Crippen LogP contribution is 2.31. The lowest BCUT2D eigenvalue weighted by Gasteiger charge is -2.11. The van der Waals surface area contributed by atoms with E-state index in [1.54, 1.807) is 12.1 Å². The molecule has 196 valence electrons. The topological polar surface area (TPSA) is 52.6 Å². The number of hydrogen-bond acceptors (Lipinski definition) is 4. The second kappa shape index (κ2) is 15.2. The number of unbranched alkanes of at least 4 members (excludes halogenated alkanes) is 4. The first-order chi connectivity index (χ1) is 18.0. The Labute approximate surface area is 226 Å². The SMILES string of the molecule is CCCCCc1ccc(CC(=O)Oc2ccc(Cl)cc2OC(=O)Cc2ccc(CCCCC)cc2)cc1. The van der Waals surface area contributed by atoms with E-state index in [-0.39, 0.29) is 24.3 Å². The first-order valence-corrected chi connectivity index (χ1v) is 13.7. The van der Waals surface area contributed by atoms with Crippen molar-refractivity contribution < 1.29 is 19.1 Å². The van der Waals surface area contributed by atoms with Crippen molar-refractivity contribution in [1.82, 2.24) is 0 Å². The molecular weight excluding hydrogens is 484 g/mol. The van der Waals surface area contributed by atoms with Gasteiger partial charge in [-0.2, -0.15) is 0 Å². The van der Waals surface area contributed by atoms with Crippen molar-refractivity contribution in [3.8, 4) is 11.5 Å². The van der Waals surface area contributed by atoms with E-state index in [9.17, 15) is 9.59 Å². The number of benzene rings is 3. The van der Waals surface area contributed by atoms with Crippen LogP contribution in [0.1, 0.15) is 74.6 Å². The molecule has 0 N–H and O–H groups in total. The van der Waals surface area contributed by atoms with E-state index in [4.69, 9.17) is 21.1 Å². The van der Waals surface area contributed by atoms with Crippen molar-refractivity contribution in [1.29, 1.82) is 0 Å². The Balaban J connectivity index is 1.56. The highest BCUT2D eigenvalue weighted by molar-refractivity contribution is 6.30. The minimum Gasteiger partial charge on any atom is -0.422 e. The van der Waals surface area contributed by atoms with Crippen LogP contribution in [0.2, 0.25) is 5.02 Å². The van der Waals surface area contributed by atoms with Crippen molar-refractivity contribution in [2.24, 2.45) is 0 Å². The molecule has 37 heavy (non-hydrogen) atoms. The van der Waals surface area contributed by atoms with Gasteiger partial charge in [-0.15, -0.1) is 0 Å². The van der Waals surface area contributed by atoms with Gasteiger partial charge in [0.2, 0.25) is 0 Å². The third kappa shape index (κ3) is 10.0. The molecule has 0 aliphatic rings. The molecule has 0 amide bonds. The Morgan fingerprint density at radius 2 is 1.03 bits per heavy atom. The van der Waals surface area contributed by atoms with Gasteiger partial charge in [-0.3, -0.25) is 9.59 Å². The number of carbonyl (C=O) groups is 2. The third-order valence-corrected chi connectivity index (χ3v) is 6.47. The molecule has 3 aromatic rings. The van der Waals surface area contributed by atoms with Crippen LogP contribution in [0.15, 0.2) is 66.7 Å². The molecule has 3 aromatic carbocycles. The van der Waals surface area contributed by atoms with Crippen molar-refractivity contribution >= 4 is 23.5 Å². The molecule has 5 heteroatoms. The molecule has 0 fully saturated rings. The van der Waals surface area contributed by atoms with Gasteiger partial charge >= 0.3 is 11.9 Å². The van der Waals surface area contributed by atoms with Gasteiger partial charge in [0, 0.05) is 11.1 Å². The first kappa shape index (κ1) is 28.5. The molecule has 0 atom stereocenters. The largest absolute Gasteiger partial charge is 0.422 e. The molecule has 0 aromatic heterocycles. The fourth-order valence-corrected chi connectivity index (χ4v) is 4.26. The van der Waals surface area contributed by atoms with Gasteiger partial charge in [-0.05, 0) is 60.1 Å². The Morgan fingerprint density at radius 3 is 1.49 bits per heavy atom. The smallest absolute Gasteiger partial charge is 0.315 e. The summed E-state index contributed by atoms with van der Waals surface area (Å²) < 4.78 is 11.1. The number of hydrogen-bond donors (Lipinski definition) is 0. The predicted octanol–water partition coefficient (Wildman–Crippen LogP) is 8.10. The second-order valence-electron chi connectivity index (χ2n) is 9.44. The summed E-state index contributed by atoms with van der Waals surface area (Å²) in [4.78, 5) is 25.3. The number of esters is 2.